The van der Waals surface area contributed by atoms with Crippen LogP contribution < -0.4 is 9.42 Å². The predicted molar refractivity (Wildman–Crippen MR) is 107 cm³/mol. The first-order chi connectivity index (χ1) is 16.7. The number of hydrogen-bond acceptors (Lipinski definition) is 5. The van der Waals surface area contributed by atoms with Crippen LogP contribution in [0.25, 0.3) is 33.7 Å². The molecule has 0 fully saturated rings. The van der Waals surface area contributed by atoms with Crippen LogP contribution in [0.3, 0.4) is 0 Å². The molecule has 0 radical (unpaired) electrons. The van der Waals surface area contributed by atoms with E-state index in [0.29, 0.717) is 16.8 Å². The third-order valence-electron chi connectivity index (χ3n) is 4.90. The van der Waals surface area contributed by atoms with Crippen molar-refractivity contribution < 1.29 is 40.3 Å². The lowest BCUT2D eigenvalue weighted by molar-refractivity contribution is -0.746. The highest BCUT2D eigenvalue weighted by Crippen LogP contribution is 2.29. The summed E-state index contributed by atoms with van der Waals surface area (Å²) < 4.78 is 88.8. The summed E-state index contributed by atoms with van der Waals surface area (Å²) in [5.41, 5.74) is 1.22. The third-order valence-corrected chi connectivity index (χ3v) is 4.90. The van der Waals surface area contributed by atoms with Gasteiger partial charge in [0, 0.05) is 11.6 Å². The Morgan fingerprint density at radius 2 is 1.86 bits per heavy atom. The smallest absolute Gasteiger partial charge is 0.403 e. The lowest BCUT2D eigenvalue weighted by Crippen LogP contribution is -2.37. The summed E-state index contributed by atoms with van der Waals surface area (Å²) in [6.07, 6.45) is -2.04. The first-order valence-electron chi connectivity index (χ1n) is 9.87. The average molecular weight is 492 g/mol. The highest BCUT2D eigenvalue weighted by molar-refractivity contribution is 5.77. The highest BCUT2D eigenvalue weighted by Gasteiger charge is 2.32. The average Bonchev–Trinajstić information content (AvgIpc) is 3.43. The molecule has 2 aromatic carbocycles. The van der Waals surface area contributed by atoms with E-state index in [0.717, 1.165) is 18.2 Å². The number of imidazole rings is 1. The minimum Gasteiger partial charge on any atom is -0.403 e. The van der Waals surface area contributed by atoms with Gasteiger partial charge in [-0.05, 0) is 35.4 Å². The number of aromatic nitrogens is 5. The van der Waals surface area contributed by atoms with Crippen molar-refractivity contribution in [2.24, 2.45) is 0 Å². The molecule has 5 rings (SSSR count). The molecule has 0 saturated carbocycles. The zero-order valence-electron chi connectivity index (χ0n) is 17.3. The van der Waals surface area contributed by atoms with E-state index in [9.17, 15) is 26.3 Å². The number of H-pyrrole nitrogens is 1. The number of benzene rings is 2. The molecule has 0 saturated heterocycles. The third kappa shape index (κ3) is 4.65. The Balaban J connectivity index is 1.36. The normalized spacial score (nSPS) is 11.8. The second-order valence-corrected chi connectivity index (χ2v) is 7.33. The van der Waals surface area contributed by atoms with Gasteiger partial charge in [-0.2, -0.15) is 0 Å². The molecule has 178 valence electrons. The zero-order valence-corrected chi connectivity index (χ0v) is 17.3. The van der Waals surface area contributed by atoms with Crippen molar-refractivity contribution in [2.75, 3.05) is 0 Å². The van der Waals surface area contributed by atoms with Crippen molar-refractivity contribution >= 4 is 11.0 Å². The van der Waals surface area contributed by atoms with E-state index in [1.54, 1.807) is 6.20 Å². The van der Waals surface area contributed by atoms with E-state index in [1.807, 2.05) is 0 Å². The van der Waals surface area contributed by atoms with Gasteiger partial charge in [0.2, 0.25) is 18.5 Å². The fourth-order valence-corrected chi connectivity index (χ4v) is 3.36. The lowest BCUT2D eigenvalue weighted by Gasteiger charge is -2.09. The molecular weight excluding hydrogens is 480 g/mol. The lowest BCUT2D eigenvalue weighted by atomic mass is 10.1. The van der Waals surface area contributed by atoms with Gasteiger partial charge in [-0.3, -0.25) is 0 Å². The van der Waals surface area contributed by atoms with Crippen LogP contribution in [0, 0.1) is 17.5 Å². The molecule has 1 N–H and O–H groups in total. The Morgan fingerprint density at radius 1 is 1.03 bits per heavy atom. The maximum Gasteiger partial charge on any atom is 0.573 e. The van der Waals surface area contributed by atoms with Crippen LogP contribution >= 0.6 is 0 Å². The number of fused-ring (bicyclic) bond motifs is 1. The fourth-order valence-electron chi connectivity index (χ4n) is 3.36. The van der Waals surface area contributed by atoms with E-state index in [-0.39, 0.29) is 29.2 Å². The molecule has 35 heavy (non-hydrogen) atoms. The van der Waals surface area contributed by atoms with Crippen molar-refractivity contribution in [1.29, 1.82) is 0 Å². The molecule has 0 bridgehead atoms. The van der Waals surface area contributed by atoms with Crippen molar-refractivity contribution in [3.63, 3.8) is 0 Å². The van der Waals surface area contributed by atoms with Crippen LogP contribution in [-0.4, -0.2) is 26.6 Å². The zero-order chi connectivity index (χ0) is 24.7. The first kappa shape index (κ1) is 22.4. The van der Waals surface area contributed by atoms with Gasteiger partial charge >= 0.3 is 6.36 Å². The van der Waals surface area contributed by atoms with Crippen molar-refractivity contribution in [2.45, 2.75) is 12.9 Å². The number of halogens is 6. The van der Waals surface area contributed by atoms with Gasteiger partial charge in [-0.15, -0.1) is 13.2 Å². The minimum absolute atomic E-state index is 0.0356. The molecule has 0 aliphatic rings. The van der Waals surface area contributed by atoms with Gasteiger partial charge in [-0.25, -0.2) is 18.2 Å². The Kier molecular flexibility index (Phi) is 5.38. The van der Waals surface area contributed by atoms with Gasteiger partial charge in [0.1, 0.15) is 28.7 Å². The van der Waals surface area contributed by atoms with Crippen LogP contribution in [0.5, 0.6) is 5.75 Å². The maximum atomic E-state index is 14.1. The molecule has 3 heterocycles. The van der Waals surface area contributed by atoms with Gasteiger partial charge in [-0.1, -0.05) is 15.9 Å². The number of nitrogens with one attached hydrogen (secondary N) is 1. The van der Waals surface area contributed by atoms with Gasteiger partial charge in [0.25, 0.3) is 0 Å². The van der Waals surface area contributed by atoms with Crippen LogP contribution in [-0.2, 0) is 6.54 Å². The van der Waals surface area contributed by atoms with E-state index in [1.165, 1.54) is 35.1 Å². The monoisotopic (exact) mass is 492 g/mol. The number of rotatable bonds is 5. The number of nitrogens with zero attached hydrogens (tertiary/aromatic N) is 4. The summed E-state index contributed by atoms with van der Waals surface area (Å²) in [6.45, 7) is 0.0867. The minimum atomic E-state index is -5.02. The largest absolute Gasteiger partial charge is 0.573 e. The SMILES string of the molecule is Fc1cc(-c2cc(C[n+]3cc4[nH]c(-c5cccc(F)c5F)nc4cn3)on2)ccc1OC(F)(F)F. The Morgan fingerprint density at radius 3 is 2.63 bits per heavy atom. The summed E-state index contributed by atoms with van der Waals surface area (Å²) in [5, 5.41) is 8.00. The highest BCUT2D eigenvalue weighted by atomic mass is 19.4. The second-order valence-electron chi connectivity index (χ2n) is 7.33. The fraction of sp³-hybridized carbons (Fsp3) is 0.0909. The maximum absolute atomic E-state index is 14.1. The Bertz CT molecular complexity index is 1550. The van der Waals surface area contributed by atoms with E-state index in [4.69, 9.17) is 4.52 Å². The van der Waals surface area contributed by atoms with Gasteiger partial charge in [0.05, 0.1) is 5.56 Å². The molecule has 13 heteroatoms. The Hall–Kier alpha value is -4.42. The summed E-state index contributed by atoms with van der Waals surface area (Å²) >= 11 is 0. The van der Waals surface area contributed by atoms with Crippen LogP contribution in [0.1, 0.15) is 5.76 Å². The Labute approximate surface area is 191 Å². The number of hydrogen-bond donors (Lipinski definition) is 1. The number of aromatic amines is 1. The second kappa shape index (κ2) is 8.42. The molecule has 5 aromatic rings. The molecule has 7 nitrogen and oxygen atoms in total. The van der Waals surface area contributed by atoms with Crippen LogP contribution in [0.2, 0.25) is 0 Å². The topological polar surface area (TPSA) is 80.7 Å². The van der Waals surface area contributed by atoms with Gasteiger partial charge in [0.15, 0.2) is 23.2 Å². The van der Waals surface area contributed by atoms with Crippen molar-refractivity contribution in [1.82, 2.24) is 20.2 Å². The number of ether oxygens (including phenoxy) is 1. The number of alkyl halides is 3. The molecule has 0 atom stereocenters. The predicted octanol–water partition coefficient (Wildman–Crippen LogP) is 4.93. The van der Waals surface area contributed by atoms with Crippen molar-refractivity contribution in [3.05, 3.63) is 78.1 Å². The summed E-state index contributed by atoms with van der Waals surface area (Å²) in [5.74, 6) is -3.77. The molecular formula is C22H12F6N5O2+. The molecule has 0 spiro atoms. The van der Waals surface area contributed by atoms with E-state index < -0.39 is 29.6 Å². The van der Waals surface area contributed by atoms with Crippen molar-refractivity contribution in [3.8, 4) is 28.4 Å². The standard InChI is InChI=1S/C22H11F6N5O2/c23-14-3-1-2-13(20(14)25)21-30-17-8-29-33(10-18(17)31-21)9-12-7-16(32-35-12)11-4-5-19(15(24)6-11)34-22(26,27)28/h1-8,10H,9H2/p+1. The summed E-state index contributed by atoms with van der Waals surface area (Å²) in [4.78, 5) is 7.13. The molecule has 0 aliphatic carbocycles. The molecule has 3 aromatic heterocycles. The van der Waals surface area contributed by atoms with E-state index >= 15 is 0 Å². The first-order valence-corrected chi connectivity index (χ1v) is 9.87. The molecule has 0 amide bonds. The quantitative estimate of drug-likeness (QED) is 0.278. The summed E-state index contributed by atoms with van der Waals surface area (Å²) in [6, 6.07) is 8.12. The molecule has 0 aliphatic heterocycles. The van der Waals surface area contributed by atoms with E-state index in [2.05, 4.69) is 25.0 Å². The molecule has 0 unspecified atom stereocenters. The van der Waals surface area contributed by atoms with Gasteiger partial charge < -0.3 is 14.2 Å². The van der Waals surface area contributed by atoms with Crippen LogP contribution in [0.4, 0.5) is 26.3 Å². The van der Waals surface area contributed by atoms with Crippen LogP contribution in [0.15, 0.2) is 59.4 Å². The summed E-state index contributed by atoms with van der Waals surface area (Å²) in [7, 11) is 0.